The van der Waals surface area contributed by atoms with Crippen LogP contribution in [-0.4, -0.2) is 101 Å². The van der Waals surface area contributed by atoms with Crippen molar-refractivity contribution in [1.29, 1.82) is 0 Å². The summed E-state index contributed by atoms with van der Waals surface area (Å²) >= 11 is 0. The molecular weight excluding hydrogens is 809 g/mol. The summed E-state index contributed by atoms with van der Waals surface area (Å²) in [5.74, 6) is -0.358. The predicted molar refractivity (Wildman–Crippen MR) is 261 cm³/mol. The Hall–Kier alpha value is -2.28. The lowest BCUT2D eigenvalue weighted by Crippen LogP contribution is -2.30. The minimum atomic E-state index is -0.0895. The largest absolute Gasteiger partial charge is 0.464 e. The second kappa shape index (κ2) is 44.6. The first-order valence-electron chi connectivity index (χ1n) is 26.7. The van der Waals surface area contributed by atoms with Gasteiger partial charge in [-0.1, -0.05) is 128 Å². The van der Waals surface area contributed by atoms with Gasteiger partial charge in [-0.25, -0.2) is 0 Å². The van der Waals surface area contributed by atoms with E-state index < -0.39 is 0 Å². The van der Waals surface area contributed by atoms with Crippen LogP contribution in [0.25, 0.3) is 0 Å². The molecule has 0 bridgehead atoms. The fourth-order valence-corrected chi connectivity index (χ4v) is 8.29. The zero-order valence-electron chi connectivity index (χ0n) is 41.9. The standard InChI is InChI=1S/C52H100N4O8/c1-45-29-21-13-5-9-17-25-34-50(58)62-42-38-54-47(3)31-23-15-7-11-19-27-36-52(60)64-44-40-56-48(4)32-24-16-8-12-20-28-35-51(59)63-43-39-55-46(2)30-22-14-6-10-18-26-33-49(57)61-41-37-53-45/h45-48,53-56H,5-44H2,1-4H3/t45-,46-,47-,48?/m1/s1. The molecule has 0 spiro atoms. The first-order valence-corrected chi connectivity index (χ1v) is 26.7. The maximum absolute atomic E-state index is 12.2. The van der Waals surface area contributed by atoms with Crippen molar-refractivity contribution < 1.29 is 38.1 Å². The van der Waals surface area contributed by atoms with Gasteiger partial charge in [0.25, 0.3) is 0 Å². The molecule has 1 saturated heterocycles. The van der Waals surface area contributed by atoms with Crippen molar-refractivity contribution in [3.63, 3.8) is 0 Å². The molecule has 4 N–H and O–H groups in total. The third-order valence-electron chi connectivity index (χ3n) is 12.5. The zero-order chi connectivity index (χ0) is 46.6. The quantitative estimate of drug-likeness (QED) is 0.135. The van der Waals surface area contributed by atoms with E-state index in [2.05, 4.69) is 49.0 Å². The Labute approximate surface area is 392 Å². The normalized spacial score (nSPS) is 26.8. The van der Waals surface area contributed by atoms with Gasteiger partial charge in [-0.2, -0.15) is 0 Å². The monoisotopic (exact) mass is 909 g/mol. The van der Waals surface area contributed by atoms with Crippen LogP contribution in [0, 0.1) is 0 Å². The molecular formula is C52H100N4O8. The van der Waals surface area contributed by atoms with E-state index >= 15 is 0 Å². The molecule has 0 aromatic heterocycles. The lowest BCUT2D eigenvalue weighted by Gasteiger charge is -2.14. The molecule has 0 amide bonds. The summed E-state index contributed by atoms with van der Waals surface area (Å²) < 4.78 is 21.8. The van der Waals surface area contributed by atoms with Crippen molar-refractivity contribution >= 4 is 23.9 Å². The smallest absolute Gasteiger partial charge is 0.305 e. The molecule has 0 aromatic rings. The second-order valence-corrected chi connectivity index (χ2v) is 18.9. The van der Waals surface area contributed by atoms with E-state index in [1.54, 1.807) is 0 Å². The van der Waals surface area contributed by atoms with E-state index in [1.807, 2.05) is 0 Å². The van der Waals surface area contributed by atoms with Crippen LogP contribution in [0.5, 0.6) is 0 Å². The molecule has 1 aliphatic heterocycles. The number of carbonyl (C=O) groups excluding carboxylic acids is 4. The van der Waals surface area contributed by atoms with Gasteiger partial charge in [0.1, 0.15) is 26.4 Å². The Morgan fingerprint density at radius 1 is 0.281 bits per heavy atom. The second-order valence-electron chi connectivity index (χ2n) is 18.9. The van der Waals surface area contributed by atoms with Crippen LogP contribution in [-0.2, 0) is 38.1 Å². The van der Waals surface area contributed by atoms with Crippen LogP contribution in [0.1, 0.15) is 233 Å². The van der Waals surface area contributed by atoms with Crippen LogP contribution >= 0.6 is 0 Å². The van der Waals surface area contributed by atoms with Gasteiger partial charge in [0.05, 0.1) is 0 Å². The Morgan fingerprint density at radius 2 is 0.453 bits per heavy atom. The van der Waals surface area contributed by atoms with Crippen LogP contribution in [0.2, 0.25) is 0 Å². The highest BCUT2D eigenvalue weighted by Crippen LogP contribution is 2.14. The van der Waals surface area contributed by atoms with Gasteiger partial charge in [0, 0.05) is 76.0 Å². The van der Waals surface area contributed by atoms with Crippen LogP contribution < -0.4 is 21.3 Å². The van der Waals surface area contributed by atoms with Crippen molar-refractivity contribution in [3.05, 3.63) is 0 Å². The lowest BCUT2D eigenvalue weighted by molar-refractivity contribution is -0.144. The minimum Gasteiger partial charge on any atom is -0.464 e. The van der Waals surface area contributed by atoms with Crippen molar-refractivity contribution in [2.75, 3.05) is 52.6 Å². The fraction of sp³-hybridized carbons (Fsp3) is 0.923. The van der Waals surface area contributed by atoms with Gasteiger partial charge < -0.3 is 40.2 Å². The number of rotatable bonds is 0. The lowest BCUT2D eigenvalue weighted by atomic mass is 10.1. The topological polar surface area (TPSA) is 153 Å². The molecule has 1 rings (SSSR count). The molecule has 12 heteroatoms. The van der Waals surface area contributed by atoms with Crippen molar-refractivity contribution in [2.24, 2.45) is 0 Å². The van der Waals surface area contributed by atoms with Crippen molar-refractivity contribution in [2.45, 2.75) is 257 Å². The molecule has 1 fully saturated rings. The van der Waals surface area contributed by atoms with E-state index in [-0.39, 0.29) is 23.9 Å². The summed E-state index contributed by atoms with van der Waals surface area (Å²) in [6.45, 7) is 13.3. The van der Waals surface area contributed by atoms with E-state index in [4.69, 9.17) is 18.9 Å². The van der Waals surface area contributed by atoms with Crippen LogP contribution in [0.15, 0.2) is 0 Å². The highest BCUT2D eigenvalue weighted by molar-refractivity contribution is 5.70. The van der Waals surface area contributed by atoms with E-state index in [0.717, 1.165) is 103 Å². The molecule has 0 aliphatic carbocycles. The SMILES string of the molecule is CC1CCCCCCCCC(=O)OCCN[C@H](C)CCCCCCCCC(=O)OCCN[C@H](C)CCCCCCCCC(=O)OCCN[C@H](C)CCCCCCCCC(=O)OCCN1. The van der Waals surface area contributed by atoms with Gasteiger partial charge in [-0.05, 0) is 79.1 Å². The molecule has 376 valence electrons. The molecule has 1 aliphatic rings. The molecule has 4 atom stereocenters. The minimum absolute atomic E-state index is 0.0895. The van der Waals surface area contributed by atoms with Gasteiger partial charge in [0.15, 0.2) is 0 Å². The number of ether oxygens (including phenoxy) is 4. The number of hydrogen-bond acceptors (Lipinski definition) is 12. The Balaban J connectivity index is 2.26. The molecule has 0 saturated carbocycles. The van der Waals surface area contributed by atoms with E-state index in [9.17, 15) is 19.2 Å². The average molecular weight is 909 g/mol. The van der Waals surface area contributed by atoms with Crippen LogP contribution in [0.3, 0.4) is 0 Å². The summed E-state index contributed by atoms with van der Waals surface area (Å²) in [7, 11) is 0. The highest BCUT2D eigenvalue weighted by atomic mass is 16.5. The molecule has 64 heavy (non-hydrogen) atoms. The molecule has 12 nitrogen and oxygen atoms in total. The molecule has 1 heterocycles. The van der Waals surface area contributed by atoms with E-state index in [0.29, 0.717) is 102 Å². The maximum Gasteiger partial charge on any atom is 0.305 e. The summed E-state index contributed by atoms with van der Waals surface area (Å²) in [5.41, 5.74) is 0. The Kier molecular flexibility index (Phi) is 41.6. The number of hydrogen-bond donors (Lipinski definition) is 4. The van der Waals surface area contributed by atoms with Crippen molar-refractivity contribution in [3.8, 4) is 0 Å². The molecule has 1 unspecified atom stereocenters. The Bertz CT molecular complexity index is 945. The molecule has 0 radical (unpaired) electrons. The van der Waals surface area contributed by atoms with E-state index in [1.165, 1.54) is 77.0 Å². The third-order valence-corrected chi connectivity index (χ3v) is 12.5. The van der Waals surface area contributed by atoms with Gasteiger partial charge in [-0.3, -0.25) is 19.2 Å². The average Bonchev–Trinajstić information content (AvgIpc) is 3.27. The molecule has 0 aromatic carbocycles. The Morgan fingerprint density at radius 3 is 0.656 bits per heavy atom. The summed E-state index contributed by atoms with van der Waals surface area (Å²) in [6.07, 6.45) is 33.1. The first-order chi connectivity index (χ1) is 31.2. The number of carbonyl (C=O) groups is 4. The van der Waals surface area contributed by atoms with Gasteiger partial charge >= 0.3 is 23.9 Å². The van der Waals surface area contributed by atoms with Gasteiger partial charge in [-0.15, -0.1) is 0 Å². The fourth-order valence-electron chi connectivity index (χ4n) is 8.29. The maximum atomic E-state index is 12.2. The van der Waals surface area contributed by atoms with Crippen molar-refractivity contribution in [1.82, 2.24) is 21.3 Å². The first kappa shape index (κ1) is 59.7. The number of esters is 4. The predicted octanol–water partition coefficient (Wildman–Crippen LogP) is 10.6. The number of nitrogens with one attached hydrogen (secondary N) is 4. The third kappa shape index (κ3) is 42.4. The zero-order valence-corrected chi connectivity index (χ0v) is 41.9. The number of cyclic esters (lactones) is 4. The summed E-state index contributed by atoms with van der Waals surface area (Å²) in [6, 6.07) is 1.61. The summed E-state index contributed by atoms with van der Waals surface area (Å²) in [5, 5.41) is 13.9. The highest BCUT2D eigenvalue weighted by Gasteiger charge is 2.10. The van der Waals surface area contributed by atoms with Gasteiger partial charge in [0.2, 0.25) is 0 Å². The van der Waals surface area contributed by atoms with Crippen LogP contribution in [0.4, 0.5) is 0 Å². The summed E-state index contributed by atoms with van der Waals surface area (Å²) in [4.78, 5) is 48.7.